The van der Waals surface area contributed by atoms with E-state index in [-0.39, 0.29) is 0 Å². The fourth-order valence-electron chi connectivity index (χ4n) is 2.26. The van der Waals surface area contributed by atoms with Crippen LogP contribution in [0, 0.1) is 0 Å². The van der Waals surface area contributed by atoms with E-state index in [0.717, 1.165) is 0 Å². The third kappa shape index (κ3) is 8.72. The molecule has 0 nitrogen and oxygen atoms in total. The molecule has 0 aromatic rings. The molecule has 1 saturated carbocycles. The normalized spacial score (nSPS) is 34.9. The smallest absolute Gasteiger partial charge is 0.0693 e. The van der Waals surface area contributed by atoms with E-state index in [1.165, 1.54) is 51.4 Å². The standard InChI is InChI=1S/C10H22.C6H6Cl6/c1-3-5-7-9-10-8-6-4-2;7-1-2(8)4(10)6(12)5(11)3(1)9/h3-10H2,1-2H3;1-6H. The van der Waals surface area contributed by atoms with Gasteiger partial charge in [-0.1, -0.05) is 65.2 Å². The summed E-state index contributed by atoms with van der Waals surface area (Å²) in [7, 11) is 0. The molecule has 0 unspecified atom stereocenters. The zero-order valence-electron chi connectivity index (χ0n) is 13.4. The molecule has 0 aliphatic heterocycles. The Bertz CT molecular complexity index is 196. The second-order valence-corrected chi connectivity index (χ2v) is 8.81. The zero-order valence-corrected chi connectivity index (χ0v) is 17.9. The van der Waals surface area contributed by atoms with Crippen LogP contribution < -0.4 is 0 Å². The Hall–Kier alpha value is 1.74. The first-order valence-electron chi connectivity index (χ1n) is 8.22. The van der Waals surface area contributed by atoms with Crippen molar-refractivity contribution < 1.29 is 0 Å². The number of unbranched alkanes of at least 4 members (excludes halogenated alkanes) is 7. The van der Waals surface area contributed by atoms with Gasteiger partial charge in [0, 0.05) is 0 Å². The first-order chi connectivity index (χ1) is 10.4. The van der Waals surface area contributed by atoms with E-state index >= 15 is 0 Å². The van der Waals surface area contributed by atoms with Crippen LogP contribution in [0.25, 0.3) is 0 Å². The highest BCUT2D eigenvalue weighted by molar-refractivity contribution is 6.45. The molecule has 0 N–H and O–H groups in total. The second kappa shape index (κ2) is 14.0. The Kier molecular flexibility index (Phi) is 15.1. The van der Waals surface area contributed by atoms with Gasteiger partial charge in [0.15, 0.2) is 0 Å². The number of rotatable bonds is 7. The van der Waals surface area contributed by atoms with Crippen LogP contribution in [0.15, 0.2) is 0 Å². The van der Waals surface area contributed by atoms with E-state index in [0.29, 0.717) is 0 Å². The van der Waals surface area contributed by atoms with Crippen LogP contribution in [0.2, 0.25) is 0 Å². The average Bonchev–Trinajstić information content (AvgIpc) is 2.53. The number of hydrogen-bond donors (Lipinski definition) is 0. The molecule has 22 heavy (non-hydrogen) atoms. The Morgan fingerprint density at radius 1 is 0.409 bits per heavy atom. The van der Waals surface area contributed by atoms with Gasteiger partial charge in [0.2, 0.25) is 0 Å². The van der Waals surface area contributed by atoms with Crippen molar-refractivity contribution in [3.05, 3.63) is 0 Å². The molecule has 0 spiro atoms. The summed E-state index contributed by atoms with van der Waals surface area (Å²) < 4.78 is 0. The molecule has 0 heterocycles. The van der Waals surface area contributed by atoms with E-state index in [9.17, 15) is 0 Å². The van der Waals surface area contributed by atoms with Gasteiger partial charge in [-0.05, 0) is 0 Å². The molecular formula is C16H28Cl6. The molecule has 134 valence electrons. The summed E-state index contributed by atoms with van der Waals surface area (Å²) in [6.07, 6.45) is 11.5. The van der Waals surface area contributed by atoms with Crippen molar-refractivity contribution >= 4 is 69.6 Å². The summed E-state index contributed by atoms with van der Waals surface area (Å²) in [5.74, 6) is 0. The third-order valence-corrected chi connectivity index (χ3v) is 7.81. The van der Waals surface area contributed by atoms with E-state index < -0.39 is 32.3 Å². The molecule has 0 aromatic carbocycles. The molecule has 1 aliphatic rings. The van der Waals surface area contributed by atoms with Gasteiger partial charge in [0.1, 0.15) is 0 Å². The van der Waals surface area contributed by atoms with Crippen LogP contribution in [0.4, 0.5) is 0 Å². The molecular weight excluding hydrogens is 405 g/mol. The largest absolute Gasteiger partial charge is 0.120 e. The molecule has 1 aliphatic carbocycles. The summed E-state index contributed by atoms with van der Waals surface area (Å²) in [4.78, 5) is 0. The van der Waals surface area contributed by atoms with Gasteiger partial charge in [-0.15, -0.1) is 69.6 Å². The van der Waals surface area contributed by atoms with Crippen molar-refractivity contribution in [3.63, 3.8) is 0 Å². The van der Waals surface area contributed by atoms with E-state index in [1.807, 2.05) is 0 Å². The van der Waals surface area contributed by atoms with Crippen molar-refractivity contribution in [2.45, 2.75) is 97.5 Å². The van der Waals surface area contributed by atoms with E-state index in [1.54, 1.807) is 0 Å². The minimum absolute atomic E-state index is 0.437. The number of alkyl halides is 6. The molecule has 0 atom stereocenters. The summed E-state index contributed by atoms with van der Waals surface area (Å²) in [5.41, 5.74) is 0. The number of hydrogen-bond acceptors (Lipinski definition) is 0. The molecule has 0 aromatic heterocycles. The highest BCUT2D eigenvalue weighted by atomic mass is 35.5. The van der Waals surface area contributed by atoms with E-state index in [2.05, 4.69) is 13.8 Å². The lowest BCUT2D eigenvalue weighted by Gasteiger charge is -2.37. The Morgan fingerprint density at radius 3 is 0.773 bits per heavy atom. The predicted molar refractivity (Wildman–Crippen MR) is 106 cm³/mol. The fraction of sp³-hybridized carbons (Fsp3) is 1.00. The highest BCUT2D eigenvalue weighted by Gasteiger charge is 2.46. The molecule has 1 rings (SSSR count). The number of halogens is 6. The van der Waals surface area contributed by atoms with Gasteiger partial charge in [0.25, 0.3) is 0 Å². The Balaban J connectivity index is 0.000000409. The predicted octanol–water partition coefficient (Wildman–Crippen LogP) is 7.79. The second-order valence-electron chi connectivity index (χ2n) is 5.79. The van der Waals surface area contributed by atoms with Gasteiger partial charge >= 0.3 is 0 Å². The summed E-state index contributed by atoms with van der Waals surface area (Å²) in [5, 5.41) is -2.62. The lowest BCUT2D eigenvalue weighted by molar-refractivity contribution is 0.544. The van der Waals surface area contributed by atoms with Gasteiger partial charge in [-0.25, -0.2) is 0 Å². The van der Waals surface area contributed by atoms with Gasteiger partial charge in [-0.2, -0.15) is 0 Å². The first-order valence-corrected chi connectivity index (χ1v) is 10.8. The van der Waals surface area contributed by atoms with Crippen molar-refractivity contribution in [1.29, 1.82) is 0 Å². The van der Waals surface area contributed by atoms with Gasteiger partial charge in [-0.3, -0.25) is 0 Å². The van der Waals surface area contributed by atoms with Crippen LogP contribution in [-0.2, 0) is 0 Å². The molecule has 0 bridgehead atoms. The molecule has 1 fully saturated rings. The maximum atomic E-state index is 5.88. The maximum absolute atomic E-state index is 5.88. The van der Waals surface area contributed by atoms with Crippen LogP contribution in [0.1, 0.15) is 65.2 Å². The minimum atomic E-state index is -0.437. The van der Waals surface area contributed by atoms with Gasteiger partial charge in [0.05, 0.1) is 32.3 Å². The van der Waals surface area contributed by atoms with Crippen molar-refractivity contribution in [1.82, 2.24) is 0 Å². The van der Waals surface area contributed by atoms with Crippen molar-refractivity contribution in [2.75, 3.05) is 0 Å². The van der Waals surface area contributed by atoms with E-state index in [4.69, 9.17) is 69.6 Å². The zero-order chi connectivity index (χ0) is 17.1. The van der Waals surface area contributed by atoms with Crippen molar-refractivity contribution in [3.8, 4) is 0 Å². The molecule has 6 heteroatoms. The summed E-state index contributed by atoms with van der Waals surface area (Å²) in [6.45, 7) is 4.54. The topological polar surface area (TPSA) is 0 Å². The third-order valence-electron chi connectivity index (χ3n) is 3.78. The lowest BCUT2D eigenvalue weighted by atomic mass is 9.97. The SMILES string of the molecule is CCCCCCCCCC.ClC1C(Cl)C(Cl)C(Cl)C(Cl)C1Cl. The maximum Gasteiger partial charge on any atom is 0.0693 e. The van der Waals surface area contributed by atoms with Crippen LogP contribution in [0.3, 0.4) is 0 Å². The highest BCUT2D eigenvalue weighted by Crippen LogP contribution is 2.39. The minimum Gasteiger partial charge on any atom is -0.120 e. The molecule has 0 saturated heterocycles. The fourth-order valence-corrected chi connectivity index (χ4v) is 4.59. The van der Waals surface area contributed by atoms with Gasteiger partial charge < -0.3 is 0 Å². The average molecular weight is 433 g/mol. The summed E-state index contributed by atoms with van der Waals surface area (Å²) >= 11 is 35.3. The quantitative estimate of drug-likeness (QED) is 0.284. The van der Waals surface area contributed by atoms with Crippen LogP contribution in [0.5, 0.6) is 0 Å². The molecule has 0 amide bonds. The Morgan fingerprint density at radius 2 is 0.591 bits per heavy atom. The van der Waals surface area contributed by atoms with Crippen LogP contribution >= 0.6 is 69.6 Å². The van der Waals surface area contributed by atoms with Crippen LogP contribution in [-0.4, -0.2) is 32.3 Å². The Labute approximate surface area is 166 Å². The van der Waals surface area contributed by atoms with Crippen molar-refractivity contribution in [2.24, 2.45) is 0 Å². The monoisotopic (exact) mass is 430 g/mol. The first kappa shape index (κ1) is 23.7. The lowest BCUT2D eigenvalue weighted by Crippen LogP contribution is -2.52. The molecule has 0 radical (unpaired) electrons. The summed E-state index contributed by atoms with van der Waals surface area (Å²) in [6, 6.07) is 0.